The Kier molecular flexibility index (Phi) is 7.63. The molecule has 0 radical (unpaired) electrons. The Hall–Kier alpha value is -3.29. The Labute approximate surface area is 230 Å². The van der Waals surface area contributed by atoms with E-state index in [-0.39, 0.29) is 28.4 Å². The van der Waals surface area contributed by atoms with Crippen molar-refractivity contribution in [2.75, 3.05) is 18.6 Å². The zero-order valence-corrected chi connectivity index (χ0v) is 24.3. The van der Waals surface area contributed by atoms with Crippen molar-refractivity contribution in [1.82, 2.24) is 9.29 Å². The van der Waals surface area contributed by atoms with Crippen molar-refractivity contribution in [3.8, 4) is 16.5 Å². The molecule has 0 spiro atoms. The SMILES string of the molecule is COc1ccc(F)cc1[C@H](CN1C(=O)N(C(C)(C)C(C)=O)S(=O)(=O)c2c1sc(-c1ncco1)c2C)OC(C)C. The minimum Gasteiger partial charge on any atom is -0.496 e. The first-order chi connectivity index (χ1) is 18.2. The van der Waals surface area contributed by atoms with Crippen LogP contribution >= 0.6 is 11.3 Å². The van der Waals surface area contributed by atoms with Gasteiger partial charge in [0.05, 0.1) is 30.8 Å². The smallest absolute Gasteiger partial charge is 0.340 e. The van der Waals surface area contributed by atoms with E-state index in [2.05, 4.69) is 4.98 Å². The molecule has 0 bridgehead atoms. The van der Waals surface area contributed by atoms with Crippen LogP contribution in [0.15, 0.2) is 40.0 Å². The maximum absolute atomic E-state index is 14.4. The molecule has 0 unspecified atom stereocenters. The van der Waals surface area contributed by atoms with Gasteiger partial charge in [-0.3, -0.25) is 9.69 Å². The second kappa shape index (κ2) is 10.4. The minimum absolute atomic E-state index is 0.119. The lowest BCUT2D eigenvalue weighted by atomic mass is 10.0. The molecule has 0 N–H and O–H groups in total. The Balaban J connectivity index is 1.96. The molecule has 1 aliphatic rings. The van der Waals surface area contributed by atoms with Crippen LogP contribution < -0.4 is 9.64 Å². The molecule has 0 saturated carbocycles. The summed E-state index contributed by atoms with van der Waals surface area (Å²) in [7, 11) is -3.04. The number of hydrogen-bond donors (Lipinski definition) is 0. The average molecular weight is 580 g/mol. The fourth-order valence-corrected chi connectivity index (χ4v) is 8.09. The van der Waals surface area contributed by atoms with Gasteiger partial charge in [-0.25, -0.2) is 26.9 Å². The normalized spacial score (nSPS) is 16.0. The number of nitrogens with zero attached hydrogens (tertiary/aromatic N) is 3. The maximum Gasteiger partial charge on any atom is 0.340 e. The highest BCUT2D eigenvalue weighted by molar-refractivity contribution is 7.90. The van der Waals surface area contributed by atoms with Gasteiger partial charge in [-0.1, -0.05) is 0 Å². The summed E-state index contributed by atoms with van der Waals surface area (Å²) in [6, 6.07) is 3.02. The molecule has 39 heavy (non-hydrogen) atoms. The molecule has 3 aromatic rings. The van der Waals surface area contributed by atoms with Gasteiger partial charge in [-0.05, 0) is 65.3 Å². The van der Waals surface area contributed by atoms with Gasteiger partial charge < -0.3 is 13.9 Å². The highest BCUT2D eigenvalue weighted by atomic mass is 32.2. The van der Waals surface area contributed by atoms with E-state index >= 15 is 0 Å². The van der Waals surface area contributed by atoms with Crippen LogP contribution in [0.4, 0.5) is 14.2 Å². The maximum atomic E-state index is 14.4. The number of sulfonamides is 1. The van der Waals surface area contributed by atoms with Gasteiger partial charge in [0, 0.05) is 5.56 Å². The number of methoxy groups -OCH3 is 1. The molecule has 1 atom stereocenters. The Morgan fingerprint density at radius 2 is 1.97 bits per heavy atom. The zero-order chi connectivity index (χ0) is 28.9. The number of aromatic nitrogens is 1. The summed E-state index contributed by atoms with van der Waals surface area (Å²) in [6.07, 6.45) is 1.53. The van der Waals surface area contributed by atoms with Crippen molar-refractivity contribution >= 4 is 38.2 Å². The van der Waals surface area contributed by atoms with Crippen LogP contribution in [0, 0.1) is 12.7 Å². The standard InChI is InChI=1S/C26H30FN3O7S2/c1-14(2)37-20(18-12-17(27)8-9-19(18)35-7)13-29-24-22(15(3)21(38-24)23-28-10-11-36-23)39(33,34)30(25(29)32)26(5,6)16(4)31/h8-12,14,20H,13H2,1-7H3/t20-/m0/s1. The lowest BCUT2D eigenvalue weighted by Gasteiger charge is -2.42. The van der Waals surface area contributed by atoms with Crippen LogP contribution in [0.5, 0.6) is 5.75 Å². The van der Waals surface area contributed by atoms with E-state index in [1.807, 2.05) is 0 Å². The number of fused-ring (bicyclic) bond motifs is 1. The summed E-state index contributed by atoms with van der Waals surface area (Å²) in [5.74, 6) is -0.531. The molecular weight excluding hydrogens is 549 g/mol. The number of benzene rings is 1. The van der Waals surface area contributed by atoms with Gasteiger partial charge in [-0.15, -0.1) is 11.3 Å². The third-order valence-electron chi connectivity index (χ3n) is 6.54. The molecule has 1 aliphatic heterocycles. The number of oxazole rings is 1. The fraction of sp³-hybridized carbons (Fsp3) is 0.423. The minimum atomic E-state index is -4.47. The van der Waals surface area contributed by atoms with E-state index < -0.39 is 39.3 Å². The van der Waals surface area contributed by atoms with E-state index in [1.54, 1.807) is 20.8 Å². The highest BCUT2D eigenvalue weighted by Gasteiger charge is 2.53. The van der Waals surface area contributed by atoms with Gasteiger partial charge >= 0.3 is 6.03 Å². The first-order valence-electron chi connectivity index (χ1n) is 12.1. The predicted octanol–water partition coefficient (Wildman–Crippen LogP) is 5.32. The van der Waals surface area contributed by atoms with Crippen molar-refractivity contribution < 1.29 is 36.3 Å². The van der Waals surface area contributed by atoms with E-state index in [0.717, 1.165) is 11.3 Å². The quantitative estimate of drug-likeness (QED) is 0.334. The third-order valence-corrected chi connectivity index (χ3v) is 10.1. The second-order valence-electron chi connectivity index (χ2n) is 9.87. The molecule has 0 saturated heterocycles. The summed E-state index contributed by atoms with van der Waals surface area (Å²) in [6.45, 7) is 8.95. The Morgan fingerprint density at radius 3 is 2.54 bits per heavy atom. The molecule has 4 rings (SSSR count). The molecule has 210 valence electrons. The number of carbonyl (C=O) groups is 2. The molecule has 1 aromatic carbocycles. The van der Waals surface area contributed by atoms with Crippen molar-refractivity contribution in [2.24, 2.45) is 0 Å². The number of ketones is 1. The molecule has 2 aromatic heterocycles. The largest absolute Gasteiger partial charge is 0.496 e. The molecule has 13 heteroatoms. The van der Waals surface area contributed by atoms with Crippen LogP contribution in [0.25, 0.3) is 10.8 Å². The van der Waals surface area contributed by atoms with Gasteiger partial charge in [0.1, 0.15) is 39.4 Å². The first kappa shape index (κ1) is 28.7. The summed E-state index contributed by atoms with van der Waals surface area (Å²) in [5.41, 5.74) is -1.04. The highest BCUT2D eigenvalue weighted by Crippen LogP contribution is 2.50. The fourth-order valence-electron chi connectivity index (χ4n) is 4.40. The van der Waals surface area contributed by atoms with Crippen molar-refractivity contribution in [2.45, 2.75) is 64.2 Å². The first-order valence-corrected chi connectivity index (χ1v) is 14.4. The van der Waals surface area contributed by atoms with Gasteiger partial charge in [-0.2, -0.15) is 0 Å². The van der Waals surface area contributed by atoms with Crippen LogP contribution in [0.1, 0.15) is 51.8 Å². The second-order valence-corrected chi connectivity index (χ2v) is 12.6. The number of hydrogen-bond acceptors (Lipinski definition) is 9. The molecule has 2 amide bonds. The van der Waals surface area contributed by atoms with Crippen molar-refractivity contribution in [3.05, 3.63) is 47.6 Å². The van der Waals surface area contributed by atoms with Crippen LogP contribution in [0.3, 0.4) is 0 Å². The zero-order valence-electron chi connectivity index (χ0n) is 22.6. The summed E-state index contributed by atoms with van der Waals surface area (Å²) < 4.78 is 59.9. The molecular formula is C26H30FN3O7S2. The van der Waals surface area contributed by atoms with Crippen molar-refractivity contribution in [1.29, 1.82) is 0 Å². The third kappa shape index (κ3) is 4.94. The molecule has 10 nitrogen and oxygen atoms in total. The number of thiophene rings is 1. The number of rotatable bonds is 9. The summed E-state index contributed by atoms with van der Waals surface area (Å²) in [4.78, 5) is 32.4. The number of amides is 2. The van der Waals surface area contributed by atoms with E-state index in [1.165, 1.54) is 63.4 Å². The van der Waals surface area contributed by atoms with E-state index in [4.69, 9.17) is 13.9 Å². The van der Waals surface area contributed by atoms with E-state index in [9.17, 15) is 22.4 Å². The number of ether oxygens (including phenoxy) is 2. The van der Waals surface area contributed by atoms with E-state index in [0.29, 0.717) is 26.1 Å². The molecule has 3 heterocycles. The number of urea groups is 1. The lowest BCUT2D eigenvalue weighted by molar-refractivity contribution is -0.123. The Bertz CT molecular complexity index is 1510. The van der Waals surface area contributed by atoms with Crippen molar-refractivity contribution in [3.63, 3.8) is 0 Å². The topological polar surface area (TPSA) is 119 Å². The lowest BCUT2D eigenvalue weighted by Crippen LogP contribution is -2.61. The monoisotopic (exact) mass is 579 g/mol. The van der Waals surface area contributed by atoms with Gasteiger partial charge in [0.15, 0.2) is 5.78 Å². The number of halogens is 1. The van der Waals surface area contributed by atoms with Gasteiger partial charge in [0.2, 0.25) is 5.89 Å². The predicted molar refractivity (Wildman–Crippen MR) is 143 cm³/mol. The molecule has 0 aliphatic carbocycles. The Morgan fingerprint density at radius 1 is 1.28 bits per heavy atom. The summed E-state index contributed by atoms with van der Waals surface area (Å²) >= 11 is 1.02. The number of carbonyl (C=O) groups excluding carboxylic acids is 2. The van der Waals surface area contributed by atoms with Crippen LogP contribution in [-0.2, 0) is 19.6 Å². The van der Waals surface area contributed by atoms with Gasteiger partial charge in [0.25, 0.3) is 10.0 Å². The number of Topliss-reactive ketones (excluding diaryl/α,β-unsaturated/α-hetero) is 1. The summed E-state index contributed by atoms with van der Waals surface area (Å²) in [5, 5.41) is 0.119. The van der Waals surface area contributed by atoms with Crippen LogP contribution in [-0.4, -0.2) is 54.8 Å². The molecule has 0 fully saturated rings. The average Bonchev–Trinajstić information content (AvgIpc) is 3.48. The number of anilines is 1. The van der Waals surface area contributed by atoms with Crippen LogP contribution in [0.2, 0.25) is 0 Å².